The maximum atomic E-state index is 10.5. The van der Waals surface area contributed by atoms with E-state index in [2.05, 4.69) is 4.98 Å². The topological polar surface area (TPSA) is 68.4 Å². The lowest BCUT2D eigenvalue weighted by atomic mass is 9.99. The number of ether oxygens (including phenoxy) is 1. The minimum absolute atomic E-state index is 0.225. The first-order valence-corrected chi connectivity index (χ1v) is 7.04. The molecule has 1 fully saturated rings. The van der Waals surface area contributed by atoms with E-state index in [0.29, 0.717) is 5.75 Å². The highest BCUT2D eigenvalue weighted by atomic mass is 16.5. The molecule has 1 aliphatic rings. The molecule has 0 spiro atoms. The Labute approximate surface area is 118 Å². The molecular weight excluding hydrogens is 252 g/mol. The molecule has 2 aromatic rings. The fraction of sp³-hybridized carbons (Fsp3) is 0.438. The summed E-state index contributed by atoms with van der Waals surface area (Å²) >= 11 is 0. The molecule has 3 rings (SSSR count). The molecule has 106 valence electrons. The molecule has 1 heterocycles. The second kappa shape index (κ2) is 5.04. The molecule has 1 unspecified atom stereocenters. The van der Waals surface area contributed by atoms with Crippen LogP contribution >= 0.6 is 0 Å². The van der Waals surface area contributed by atoms with E-state index in [9.17, 15) is 5.11 Å². The minimum atomic E-state index is -0.911. The number of nitrogens with two attached hydrogens (primary N) is 1. The van der Waals surface area contributed by atoms with Gasteiger partial charge in [-0.3, -0.25) is 0 Å². The monoisotopic (exact) mass is 272 g/mol. The van der Waals surface area contributed by atoms with Crippen LogP contribution in [-0.2, 0) is 0 Å². The van der Waals surface area contributed by atoms with E-state index >= 15 is 0 Å². The number of aromatic nitrogens is 1. The lowest BCUT2D eigenvalue weighted by Gasteiger charge is -2.26. The normalized spacial score (nSPS) is 17.9. The van der Waals surface area contributed by atoms with Crippen LogP contribution in [0.5, 0.6) is 5.75 Å². The molecule has 0 amide bonds. The van der Waals surface area contributed by atoms with E-state index in [1.807, 2.05) is 37.3 Å². The van der Waals surface area contributed by atoms with Gasteiger partial charge in [-0.2, -0.15) is 0 Å². The summed E-state index contributed by atoms with van der Waals surface area (Å²) in [5.74, 6) is 0.982. The quantitative estimate of drug-likeness (QED) is 0.873. The predicted molar refractivity (Wildman–Crippen MR) is 78.7 cm³/mol. The van der Waals surface area contributed by atoms with Gasteiger partial charge in [0, 0.05) is 17.6 Å². The first-order chi connectivity index (χ1) is 9.62. The van der Waals surface area contributed by atoms with Gasteiger partial charge in [-0.25, -0.2) is 4.98 Å². The van der Waals surface area contributed by atoms with Gasteiger partial charge in [0.2, 0.25) is 0 Å². The predicted octanol–water partition coefficient (Wildman–Crippen LogP) is 2.02. The lowest BCUT2D eigenvalue weighted by molar-refractivity contribution is -0.0158. The van der Waals surface area contributed by atoms with Gasteiger partial charge in [0.1, 0.15) is 23.5 Å². The van der Waals surface area contributed by atoms with E-state index in [-0.39, 0.29) is 19.1 Å². The zero-order chi connectivity index (χ0) is 14.2. The summed E-state index contributed by atoms with van der Waals surface area (Å²) in [6.07, 6.45) is 2.06. The zero-order valence-electron chi connectivity index (χ0n) is 11.7. The van der Waals surface area contributed by atoms with Crippen LogP contribution in [0.15, 0.2) is 30.3 Å². The average Bonchev–Trinajstić information content (AvgIpc) is 3.29. The van der Waals surface area contributed by atoms with E-state index in [0.717, 1.165) is 29.4 Å². The maximum Gasteiger partial charge on any atom is 0.145 e. The van der Waals surface area contributed by atoms with Crippen LogP contribution in [0.25, 0.3) is 10.9 Å². The van der Waals surface area contributed by atoms with Crippen molar-refractivity contribution in [3.8, 4) is 5.75 Å². The Morgan fingerprint density at radius 2 is 2.15 bits per heavy atom. The van der Waals surface area contributed by atoms with Gasteiger partial charge in [0.15, 0.2) is 0 Å². The summed E-state index contributed by atoms with van der Waals surface area (Å²) in [4.78, 5) is 4.52. The van der Waals surface area contributed by atoms with Crippen LogP contribution in [0.4, 0.5) is 0 Å². The number of nitrogens with zero attached hydrogens (tertiary/aromatic N) is 1. The van der Waals surface area contributed by atoms with Crippen molar-refractivity contribution in [3.63, 3.8) is 0 Å². The van der Waals surface area contributed by atoms with Gasteiger partial charge < -0.3 is 15.6 Å². The molecule has 1 aromatic heterocycles. The number of rotatable bonds is 5. The number of para-hydroxylation sites is 1. The van der Waals surface area contributed by atoms with Gasteiger partial charge in [-0.1, -0.05) is 18.2 Å². The van der Waals surface area contributed by atoms with Crippen molar-refractivity contribution in [2.75, 3.05) is 13.2 Å². The van der Waals surface area contributed by atoms with E-state index in [1.54, 1.807) is 0 Å². The van der Waals surface area contributed by atoms with Crippen molar-refractivity contribution >= 4 is 10.9 Å². The molecule has 4 nitrogen and oxygen atoms in total. The number of hydrogen-bond donors (Lipinski definition) is 2. The molecule has 3 N–H and O–H groups in total. The fourth-order valence-electron chi connectivity index (χ4n) is 2.50. The third-order valence-electron chi connectivity index (χ3n) is 3.99. The van der Waals surface area contributed by atoms with Crippen molar-refractivity contribution < 1.29 is 9.84 Å². The summed E-state index contributed by atoms with van der Waals surface area (Å²) < 4.78 is 5.84. The Hall–Kier alpha value is -1.65. The second-order valence-corrected chi connectivity index (χ2v) is 5.65. The fourth-order valence-corrected chi connectivity index (χ4v) is 2.50. The summed E-state index contributed by atoms with van der Waals surface area (Å²) in [6.45, 7) is 2.41. The summed E-state index contributed by atoms with van der Waals surface area (Å²) in [5, 5.41) is 11.5. The number of pyridine rings is 1. The third-order valence-corrected chi connectivity index (χ3v) is 3.99. The molecule has 1 aromatic carbocycles. The highest BCUT2D eigenvalue weighted by Crippen LogP contribution is 2.39. The van der Waals surface area contributed by atoms with Crippen molar-refractivity contribution in [3.05, 3.63) is 36.0 Å². The standard InChI is InChI=1S/C16H20N2O2/c1-11-5-6-12-3-2-4-14(15(12)18-11)20-10-16(19,9-17)13-7-8-13/h2-6,13,19H,7-10,17H2,1H3. The molecule has 0 bridgehead atoms. The summed E-state index contributed by atoms with van der Waals surface area (Å²) in [7, 11) is 0. The molecule has 0 aliphatic heterocycles. The summed E-state index contributed by atoms with van der Waals surface area (Å²) in [5.41, 5.74) is 6.58. The van der Waals surface area contributed by atoms with E-state index in [4.69, 9.17) is 10.5 Å². The first kappa shape index (κ1) is 13.3. The maximum absolute atomic E-state index is 10.5. The number of fused-ring (bicyclic) bond motifs is 1. The van der Waals surface area contributed by atoms with Gasteiger partial charge in [0.05, 0.1) is 0 Å². The highest BCUT2D eigenvalue weighted by molar-refractivity contribution is 5.84. The van der Waals surface area contributed by atoms with Gasteiger partial charge in [-0.05, 0) is 37.8 Å². The molecule has 20 heavy (non-hydrogen) atoms. The van der Waals surface area contributed by atoms with Crippen LogP contribution in [0.3, 0.4) is 0 Å². The Balaban J connectivity index is 1.85. The molecule has 0 radical (unpaired) electrons. The zero-order valence-corrected chi connectivity index (χ0v) is 11.7. The molecule has 1 aliphatic carbocycles. The highest BCUT2D eigenvalue weighted by Gasteiger charge is 2.43. The number of hydrogen-bond acceptors (Lipinski definition) is 4. The van der Waals surface area contributed by atoms with Crippen LogP contribution in [0.2, 0.25) is 0 Å². The SMILES string of the molecule is Cc1ccc2cccc(OCC(O)(CN)C3CC3)c2n1. The van der Waals surface area contributed by atoms with Crippen molar-refractivity contribution in [1.29, 1.82) is 0 Å². The molecule has 0 saturated heterocycles. The number of aliphatic hydroxyl groups is 1. The Morgan fingerprint density at radius 3 is 2.85 bits per heavy atom. The van der Waals surface area contributed by atoms with E-state index in [1.165, 1.54) is 0 Å². The van der Waals surface area contributed by atoms with E-state index < -0.39 is 5.60 Å². The lowest BCUT2D eigenvalue weighted by Crippen LogP contribution is -2.45. The Kier molecular flexibility index (Phi) is 3.36. The van der Waals surface area contributed by atoms with Gasteiger partial charge in [-0.15, -0.1) is 0 Å². The summed E-state index contributed by atoms with van der Waals surface area (Å²) in [6, 6.07) is 9.84. The number of aryl methyl sites for hydroxylation is 1. The Morgan fingerprint density at radius 1 is 1.35 bits per heavy atom. The number of benzene rings is 1. The second-order valence-electron chi connectivity index (χ2n) is 5.65. The third kappa shape index (κ3) is 2.49. The molecule has 1 atom stereocenters. The van der Waals surface area contributed by atoms with Crippen molar-refractivity contribution in [2.24, 2.45) is 11.7 Å². The molecule has 1 saturated carbocycles. The largest absolute Gasteiger partial charge is 0.488 e. The molecule has 4 heteroatoms. The minimum Gasteiger partial charge on any atom is -0.488 e. The smallest absolute Gasteiger partial charge is 0.145 e. The first-order valence-electron chi connectivity index (χ1n) is 7.04. The van der Waals surface area contributed by atoms with Crippen LogP contribution < -0.4 is 10.5 Å². The Bertz CT molecular complexity index is 625. The van der Waals surface area contributed by atoms with Gasteiger partial charge >= 0.3 is 0 Å². The average molecular weight is 272 g/mol. The van der Waals surface area contributed by atoms with Gasteiger partial charge in [0.25, 0.3) is 0 Å². The van der Waals surface area contributed by atoms with Crippen molar-refractivity contribution in [1.82, 2.24) is 4.98 Å². The van der Waals surface area contributed by atoms with Crippen molar-refractivity contribution in [2.45, 2.75) is 25.4 Å². The van der Waals surface area contributed by atoms with Crippen LogP contribution in [0.1, 0.15) is 18.5 Å². The van der Waals surface area contributed by atoms with Crippen LogP contribution in [-0.4, -0.2) is 28.8 Å². The van der Waals surface area contributed by atoms with Crippen LogP contribution in [0, 0.1) is 12.8 Å². The molecular formula is C16H20N2O2.